The zero-order valence-corrected chi connectivity index (χ0v) is 19.1. The first-order chi connectivity index (χ1) is 14.2. The Hall–Kier alpha value is -2.01. The van der Waals surface area contributed by atoms with Gasteiger partial charge in [-0.2, -0.15) is 5.26 Å². The van der Waals surface area contributed by atoms with Crippen LogP contribution < -0.4 is 0 Å². The van der Waals surface area contributed by atoms with Crippen LogP contribution in [-0.4, -0.2) is 27.3 Å². The Morgan fingerprint density at radius 1 is 1.20 bits per heavy atom. The third kappa shape index (κ3) is 3.96. The molecule has 0 bridgehead atoms. The highest BCUT2D eigenvalue weighted by molar-refractivity contribution is 7.93. The van der Waals surface area contributed by atoms with Crippen molar-refractivity contribution in [1.29, 1.82) is 5.26 Å². The van der Waals surface area contributed by atoms with Gasteiger partial charge in [0.25, 0.3) is 0 Å². The van der Waals surface area contributed by atoms with E-state index in [1.165, 1.54) is 6.07 Å². The van der Waals surface area contributed by atoms with E-state index in [-0.39, 0.29) is 20.4 Å². The minimum Gasteiger partial charge on any atom is -0.381 e. The van der Waals surface area contributed by atoms with E-state index in [0.29, 0.717) is 10.8 Å². The van der Waals surface area contributed by atoms with Gasteiger partial charge < -0.3 is 4.74 Å². The Morgan fingerprint density at radius 3 is 2.57 bits per heavy atom. The lowest BCUT2D eigenvalue weighted by Gasteiger charge is -2.30. The smallest absolute Gasteiger partial charge is 0.216 e. The van der Waals surface area contributed by atoms with Gasteiger partial charge in [-0.15, -0.1) is 11.3 Å². The van der Waals surface area contributed by atoms with Gasteiger partial charge in [0.15, 0.2) is 0 Å². The molecule has 0 N–H and O–H groups in total. The zero-order chi connectivity index (χ0) is 21.5. The summed E-state index contributed by atoms with van der Waals surface area (Å²) in [6.07, 6.45) is 3.15. The van der Waals surface area contributed by atoms with Crippen molar-refractivity contribution in [3.63, 3.8) is 0 Å². The van der Waals surface area contributed by atoms with E-state index in [9.17, 15) is 8.42 Å². The lowest BCUT2D eigenvalue weighted by atomic mass is 9.75. The molecule has 2 aliphatic rings. The Bertz CT molecular complexity index is 1130. The van der Waals surface area contributed by atoms with Crippen molar-refractivity contribution in [3.05, 3.63) is 40.8 Å². The number of nitrogens with zero attached hydrogens (tertiary/aromatic N) is 2. The SMILES string of the molecule is CC(C)(C)C1=Nc2cc(S(=O)(=O)c3ccc(C#N)s3)ccc2C1CC1CCOCC1. The van der Waals surface area contributed by atoms with Crippen LogP contribution in [0, 0.1) is 22.7 Å². The summed E-state index contributed by atoms with van der Waals surface area (Å²) in [6, 6.07) is 10.4. The molecule has 0 saturated carbocycles. The molecule has 3 heterocycles. The van der Waals surface area contributed by atoms with Crippen LogP contribution in [0.4, 0.5) is 5.69 Å². The molecule has 158 valence electrons. The number of nitriles is 1. The van der Waals surface area contributed by atoms with Gasteiger partial charge in [0, 0.05) is 30.3 Å². The fourth-order valence-electron chi connectivity index (χ4n) is 4.32. The molecule has 1 aromatic heterocycles. The van der Waals surface area contributed by atoms with Gasteiger partial charge in [-0.1, -0.05) is 26.8 Å². The number of thiophene rings is 1. The summed E-state index contributed by atoms with van der Waals surface area (Å²) in [6.45, 7) is 8.13. The van der Waals surface area contributed by atoms with Crippen LogP contribution >= 0.6 is 11.3 Å². The second kappa shape index (κ2) is 7.92. The van der Waals surface area contributed by atoms with Crippen LogP contribution in [0.25, 0.3) is 0 Å². The minimum absolute atomic E-state index is 0.0939. The quantitative estimate of drug-likeness (QED) is 0.627. The molecule has 0 amide bonds. The maximum absolute atomic E-state index is 13.1. The normalized spacial score (nSPS) is 19.9. The average Bonchev–Trinajstić information content (AvgIpc) is 3.34. The van der Waals surface area contributed by atoms with Crippen LogP contribution in [0.2, 0.25) is 0 Å². The van der Waals surface area contributed by atoms with Gasteiger partial charge >= 0.3 is 0 Å². The lowest BCUT2D eigenvalue weighted by Crippen LogP contribution is -2.27. The standard InChI is InChI=1S/C23H26N2O3S2/c1-23(2,3)22-19(12-15-8-10-28-11-9-15)18-6-5-17(13-20(18)25-22)30(26,27)21-7-4-16(14-24)29-21/h4-7,13,15,19H,8-12H2,1-3H3. The molecule has 0 radical (unpaired) electrons. The molecule has 1 saturated heterocycles. The summed E-state index contributed by atoms with van der Waals surface area (Å²) in [4.78, 5) is 5.55. The number of hydrogen-bond acceptors (Lipinski definition) is 6. The second-order valence-electron chi connectivity index (χ2n) is 9.05. The number of benzene rings is 1. The van der Waals surface area contributed by atoms with Crippen LogP contribution in [0.1, 0.15) is 56.4 Å². The first kappa shape index (κ1) is 21.2. The Labute approximate surface area is 182 Å². The molecule has 5 nitrogen and oxygen atoms in total. The first-order valence-corrected chi connectivity index (χ1v) is 12.6. The Balaban J connectivity index is 1.71. The van der Waals surface area contributed by atoms with E-state index in [1.807, 2.05) is 12.1 Å². The Kier molecular flexibility index (Phi) is 5.60. The van der Waals surface area contributed by atoms with E-state index < -0.39 is 9.84 Å². The molecular weight excluding hydrogens is 416 g/mol. The largest absolute Gasteiger partial charge is 0.381 e. The maximum Gasteiger partial charge on any atom is 0.216 e. The van der Waals surface area contributed by atoms with Gasteiger partial charge in [-0.05, 0) is 55.0 Å². The monoisotopic (exact) mass is 442 g/mol. The minimum atomic E-state index is -3.67. The molecule has 7 heteroatoms. The van der Waals surface area contributed by atoms with Crippen molar-refractivity contribution in [2.45, 2.75) is 55.1 Å². The molecule has 1 atom stereocenters. The van der Waals surface area contributed by atoms with Crippen molar-refractivity contribution < 1.29 is 13.2 Å². The molecule has 1 fully saturated rings. The van der Waals surface area contributed by atoms with Crippen LogP contribution in [0.15, 0.2) is 44.4 Å². The summed E-state index contributed by atoms with van der Waals surface area (Å²) in [5.41, 5.74) is 2.91. The predicted molar refractivity (Wildman–Crippen MR) is 118 cm³/mol. The number of hydrogen-bond donors (Lipinski definition) is 0. The average molecular weight is 443 g/mol. The number of sulfone groups is 1. The highest BCUT2D eigenvalue weighted by atomic mass is 32.2. The van der Waals surface area contributed by atoms with E-state index in [2.05, 4.69) is 20.8 Å². The van der Waals surface area contributed by atoms with E-state index in [4.69, 9.17) is 15.0 Å². The second-order valence-corrected chi connectivity index (χ2v) is 12.3. The van der Waals surface area contributed by atoms with Gasteiger partial charge in [0.05, 0.1) is 10.6 Å². The van der Waals surface area contributed by atoms with E-state index >= 15 is 0 Å². The zero-order valence-electron chi connectivity index (χ0n) is 17.5. The fraction of sp³-hybridized carbons (Fsp3) is 0.478. The predicted octanol–water partition coefficient (Wildman–Crippen LogP) is 5.49. The van der Waals surface area contributed by atoms with E-state index in [1.54, 1.807) is 18.2 Å². The maximum atomic E-state index is 13.1. The first-order valence-electron chi connectivity index (χ1n) is 10.3. The fourth-order valence-corrected chi connectivity index (χ4v) is 6.85. The molecule has 1 unspecified atom stereocenters. The van der Waals surface area contributed by atoms with Gasteiger partial charge in [-0.3, -0.25) is 4.99 Å². The Morgan fingerprint density at radius 2 is 1.93 bits per heavy atom. The molecule has 1 aromatic carbocycles. The molecule has 0 aliphatic carbocycles. The summed E-state index contributed by atoms with van der Waals surface area (Å²) in [5.74, 6) is 0.813. The molecule has 2 aliphatic heterocycles. The molecule has 2 aromatic rings. The third-order valence-corrected chi connectivity index (χ3v) is 9.13. The highest BCUT2D eigenvalue weighted by Gasteiger charge is 2.37. The number of aliphatic imine (C=N–C) groups is 1. The van der Waals surface area contributed by atoms with Crippen molar-refractivity contribution >= 4 is 32.6 Å². The summed E-state index contributed by atoms with van der Waals surface area (Å²) in [7, 11) is -3.67. The van der Waals surface area contributed by atoms with Crippen molar-refractivity contribution in [2.75, 3.05) is 13.2 Å². The third-order valence-electron chi connectivity index (χ3n) is 5.89. The van der Waals surface area contributed by atoms with Crippen LogP contribution in [0.3, 0.4) is 0 Å². The van der Waals surface area contributed by atoms with E-state index in [0.717, 1.165) is 60.8 Å². The summed E-state index contributed by atoms with van der Waals surface area (Å²) in [5, 5.41) is 9.02. The van der Waals surface area contributed by atoms with Gasteiger partial charge in [0.1, 0.15) is 15.2 Å². The van der Waals surface area contributed by atoms with Crippen molar-refractivity contribution in [2.24, 2.45) is 16.3 Å². The number of rotatable bonds is 4. The molecular formula is C23H26N2O3S2. The van der Waals surface area contributed by atoms with Gasteiger partial charge in [-0.25, -0.2) is 8.42 Å². The topological polar surface area (TPSA) is 79.5 Å². The molecule has 4 rings (SSSR count). The summed E-state index contributed by atoms with van der Waals surface area (Å²) >= 11 is 1.000. The van der Waals surface area contributed by atoms with Gasteiger partial charge in [0.2, 0.25) is 9.84 Å². The molecule has 0 spiro atoms. The number of fused-ring (bicyclic) bond motifs is 1. The van der Waals surface area contributed by atoms with Crippen LogP contribution in [-0.2, 0) is 14.6 Å². The lowest BCUT2D eigenvalue weighted by molar-refractivity contribution is 0.0632. The molecule has 30 heavy (non-hydrogen) atoms. The summed E-state index contributed by atoms with van der Waals surface area (Å²) < 4.78 is 31.9. The van der Waals surface area contributed by atoms with Crippen molar-refractivity contribution in [1.82, 2.24) is 0 Å². The van der Waals surface area contributed by atoms with Crippen LogP contribution in [0.5, 0.6) is 0 Å². The van der Waals surface area contributed by atoms with Crippen molar-refractivity contribution in [3.8, 4) is 6.07 Å². The highest BCUT2D eigenvalue weighted by Crippen LogP contribution is 2.46. The number of ether oxygens (including phenoxy) is 1.